The Morgan fingerprint density at radius 2 is 1.67 bits per heavy atom. The molecule has 0 fully saturated rings. The number of hydrogen-bond donors (Lipinski definition) is 2. The van der Waals surface area contributed by atoms with Gasteiger partial charge in [0, 0.05) is 4.90 Å². The maximum Gasteiger partial charge on any atom is 0.00746 e. The summed E-state index contributed by atoms with van der Waals surface area (Å²) in [6, 6.07) is 8.20. The summed E-state index contributed by atoms with van der Waals surface area (Å²) < 4.78 is 0. The van der Waals surface area contributed by atoms with Crippen molar-refractivity contribution in [1.82, 2.24) is 0 Å². The van der Waals surface area contributed by atoms with Crippen LogP contribution < -0.4 is 5.73 Å². The Morgan fingerprint density at radius 1 is 1.17 bits per heavy atom. The highest BCUT2D eigenvalue weighted by molar-refractivity contribution is 7.80. The average Bonchev–Trinajstić information content (AvgIpc) is 2.08. The minimum atomic E-state index is 0.577. The molecule has 1 rings (SSSR count). The molecular formula is C10H17NS. The van der Waals surface area contributed by atoms with Gasteiger partial charge in [-0.15, -0.1) is 12.6 Å². The molecule has 0 aliphatic carbocycles. The van der Waals surface area contributed by atoms with E-state index < -0.39 is 0 Å². The molecular weight excluding hydrogens is 166 g/mol. The first-order chi connectivity index (χ1) is 5.72. The molecule has 0 saturated heterocycles. The maximum absolute atomic E-state index is 4.50. The molecule has 12 heavy (non-hydrogen) atoms. The highest BCUT2D eigenvalue weighted by Crippen LogP contribution is 2.21. The topological polar surface area (TPSA) is 26.0 Å². The van der Waals surface area contributed by atoms with E-state index in [9.17, 15) is 0 Å². The number of thiol groups is 1. The molecule has 0 aliphatic heterocycles. The molecule has 0 aliphatic rings. The first-order valence-corrected chi connectivity index (χ1v) is 4.52. The summed E-state index contributed by atoms with van der Waals surface area (Å²) in [5.74, 6) is 0.577. The third kappa shape index (κ3) is 3.28. The Kier molecular flexibility index (Phi) is 5.85. The van der Waals surface area contributed by atoms with Crippen molar-refractivity contribution in [2.24, 2.45) is 5.73 Å². The van der Waals surface area contributed by atoms with Crippen LogP contribution in [0.2, 0.25) is 0 Å². The molecule has 0 amide bonds. The lowest BCUT2D eigenvalue weighted by Crippen LogP contribution is -1.87. The van der Waals surface area contributed by atoms with Gasteiger partial charge in [-0.2, -0.15) is 0 Å². The summed E-state index contributed by atoms with van der Waals surface area (Å²) in [7, 11) is 1.50. The number of rotatable bonds is 1. The summed E-state index contributed by atoms with van der Waals surface area (Å²) in [4.78, 5) is 1.09. The van der Waals surface area contributed by atoms with Crippen molar-refractivity contribution < 1.29 is 0 Å². The highest BCUT2D eigenvalue weighted by Gasteiger charge is 2.00. The summed E-state index contributed by atoms with van der Waals surface area (Å²) >= 11 is 4.34. The quantitative estimate of drug-likeness (QED) is 0.643. The molecule has 0 aromatic heterocycles. The predicted octanol–water partition coefficient (Wildman–Crippen LogP) is 2.67. The van der Waals surface area contributed by atoms with Crippen LogP contribution in [0, 0.1) is 0 Å². The van der Waals surface area contributed by atoms with Gasteiger partial charge in [0.15, 0.2) is 0 Å². The first kappa shape index (κ1) is 11.5. The van der Waals surface area contributed by atoms with Gasteiger partial charge in [0.25, 0.3) is 0 Å². The van der Waals surface area contributed by atoms with Gasteiger partial charge in [-0.05, 0) is 24.6 Å². The van der Waals surface area contributed by atoms with Crippen molar-refractivity contribution in [1.29, 1.82) is 0 Å². The SMILES string of the molecule is CC(C)c1ccccc1S.CN. The van der Waals surface area contributed by atoms with Gasteiger partial charge in [-0.1, -0.05) is 32.0 Å². The van der Waals surface area contributed by atoms with E-state index in [4.69, 9.17) is 0 Å². The number of nitrogens with two attached hydrogens (primary N) is 1. The maximum atomic E-state index is 4.50. The molecule has 0 atom stereocenters. The van der Waals surface area contributed by atoms with Crippen LogP contribution in [0.1, 0.15) is 25.3 Å². The van der Waals surface area contributed by atoms with E-state index in [0.29, 0.717) is 5.92 Å². The van der Waals surface area contributed by atoms with Crippen molar-refractivity contribution in [3.05, 3.63) is 29.8 Å². The second-order valence-corrected chi connectivity index (χ2v) is 3.20. The molecule has 2 heteroatoms. The minimum absolute atomic E-state index is 0.577. The smallest absolute Gasteiger partial charge is 0.00746 e. The van der Waals surface area contributed by atoms with Gasteiger partial charge in [-0.3, -0.25) is 0 Å². The van der Waals surface area contributed by atoms with E-state index in [2.05, 4.69) is 44.3 Å². The van der Waals surface area contributed by atoms with Gasteiger partial charge in [0.1, 0.15) is 0 Å². The molecule has 0 heterocycles. The molecule has 0 spiro atoms. The lowest BCUT2D eigenvalue weighted by Gasteiger charge is -2.06. The third-order valence-corrected chi connectivity index (χ3v) is 1.97. The van der Waals surface area contributed by atoms with Crippen molar-refractivity contribution in [2.75, 3.05) is 7.05 Å². The molecule has 0 unspecified atom stereocenters. The van der Waals surface area contributed by atoms with Gasteiger partial charge < -0.3 is 5.73 Å². The first-order valence-electron chi connectivity index (χ1n) is 4.07. The van der Waals surface area contributed by atoms with Crippen molar-refractivity contribution in [3.8, 4) is 0 Å². The van der Waals surface area contributed by atoms with Gasteiger partial charge in [0.2, 0.25) is 0 Å². The Balaban J connectivity index is 0.000000561. The summed E-state index contributed by atoms with van der Waals surface area (Å²) in [5, 5.41) is 0. The molecule has 1 aromatic carbocycles. The van der Waals surface area contributed by atoms with E-state index >= 15 is 0 Å². The second-order valence-electron chi connectivity index (χ2n) is 2.71. The Bertz CT molecular complexity index is 221. The fraction of sp³-hybridized carbons (Fsp3) is 0.400. The molecule has 0 radical (unpaired) electrons. The summed E-state index contributed by atoms with van der Waals surface area (Å²) in [6.45, 7) is 4.35. The molecule has 1 nitrogen and oxygen atoms in total. The third-order valence-electron chi connectivity index (χ3n) is 1.56. The fourth-order valence-corrected chi connectivity index (χ4v) is 1.39. The Morgan fingerprint density at radius 3 is 2.00 bits per heavy atom. The molecule has 1 aromatic rings. The Hall–Kier alpha value is -0.470. The van der Waals surface area contributed by atoms with Crippen LogP contribution >= 0.6 is 12.6 Å². The zero-order valence-corrected chi connectivity index (χ0v) is 8.81. The fourth-order valence-electron chi connectivity index (χ4n) is 0.976. The van der Waals surface area contributed by atoms with E-state index in [1.165, 1.54) is 12.6 Å². The van der Waals surface area contributed by atoms with Crippen LogP contribution in [0.4, 0.5) is 0 Å². The van der Waals surface area contributed by atoms with Crippen LogP contribution in [0.3, 0.4) is 0 Å². The lowest BCUT2D eigenvalue weighted by molar-refractivity contribution is 0.843. The number of benzene rings is 1. The zero-order chi connectivity index (χ0) is 9.56. The summed E-state index contributed by atoms with van der Waals surface area (Å²) in [6.07, 6.45) is 0. The monoisotopic (exact) mass is 183 g/mol. The zero-order valence-electron chi connectivity index (χ0n) is 7.91. The van der Waals surface area contributed by atoms with Crippen molar-refractivity contribution >= 4 is 12.6 Å². The van der Waals surface area contributed by atoms with Crippen LogP contribution in [0.15, 0.2) is 29.2 Å². The second kappa shape index (κ2) is 6.09. The van der Waals surface area contributed by atoms with E-state index in [1.807, 2.05) is 12.1 Å². The Labute approximate surface area is 80.4 Å². The molecule has 0 bridgehead atoms. The highest BCUT2D eigenvalue weighted by atomic mass is 32.1. The molecule has 68 valence electrons. The van der Waals surface area contributed by atoms with Gasteiger partial charge in [-0.25, -0.2) is 0 Å². The predicted molar refractivity (Wildman–Crippen MR) is 57.9 cm³/mol. The van der Waals surface area contributed by atoms with E-state index in [1.54, 1.807) is 0 Å². The molecule has 0 saturated carbocycles. The number of hydrogen-bond acceptors (Lipinski definition) is 2. The van der Waals surface area contributed by atoms with E-state index in [0.717, 1.165) is 4.90 Å². The van der Waals surface area contributed by atoms with Crippen molar-refractivity contribution in [3.63, 3.8) is 0 Å². The summed E-state index contributed by atoms with van der Waals surface area (Å²) in [5.41, 5.74) is 5.82. The van der Waals surface area contributed by atoms with Gasteiger partial charge in [0.05, 0.1) is 0 Å². The van der Waals surface area contributed by atoms with E-state index in [-0.39, 0.29) is 0 Å². The average molecular weight is 183 g/mol. The van der Waals surface area contributed by atoms with Gasteiger partial charge >= 0.3 is 0 Å². The van der Waals surface area contributed by atoms with Crippen molar-refractivity contribution in [2.45, 2.75) is 24.7 Å². The standard InChI is InChI=1S/C9H12S.CH5N/c1-7(2)8-5-3-4-6-9(8)10;1-2/h3-7,10H,1-2H3;2H2,1H3. The minimum Gasteiger partial charge on any atom is -0.333 e. The molecule has 2 N–H and O–H groups in total. The normalized spacial score (nSPS) is 9.17. The lowest BCUT2D eigenvalue weighted by atomic mass is 10.0. The largest absolute Gasteiger partial charge is 0.333 e. The van der Waals surface area contributed by atoms with Crippen LogP contribution in [0.25, 0.3) is 0 Å². The van der Waals surface area contributed by atoms with Crippen LogP contribution in [0.5, 0.6) is 0 Å². The van der Waals surface area contributed by atoms with Crippen LogP contribution in [-0.2, 0) is 0 Å². The van der Waals surface area contributed by atoms with Crippen LogP contribution in [-0.4, -0.2) is 7.05 Å².